The molecular formula is C32H41ClFN3O6S. The molecule has 2 aliphatic heterocycles. The average Bonchev–Trinajstić information content (AvgIpc) is 3.40. The normalized spacial score (nSPS) is 27.2. The summed E-state index contributed by atoms with van der Waals surface area (Å²) in [5, 5.41) is 44.0. The van der Waals surface area contributed by atoms with Gasteiger partial charge in [-0.05, 0) is 74.3 Å². The van der Waals surface area contributed by atoms with Crippen LogP contribution in [0.15, 0.2) is 42.5 Å². The molecule has 2 aliphatic rings. The second-order valence-corrected chi connectivity index (χ2v) is 13.4. The fraction of sp³-hybridized carbons (Fsp3) is 0.562. The van der Waals surface area contributed by atoms with Crippen molar-refractivity contribution in [3.05, 3.63) is 64.2 Å². The van der Waals surface area contributed by atoms with E-state index in [9.17, 15) is 29.8 Å². The summed E-state index contributed by atoms with van der Waals surface area (Å²) in [4.78, 5) is 13.8. The minimum absolute atomic E-state index is 0.0275. The number of halogens is 2. The lowest BCUT2D eigenvalue weighted by Crippen LogP contribution is -2.52. The van der Waals surface area contributed by atoms with E-state index in [0.29, 0.717) is 23.6 Å². The van der Waals surface area contributed by atoms with Gasteiger partial charge in [-0.2, -0.15) is 5.26 Å². The van der Waals surface area contributed by atoms with Crippen molar-refractivity contribution >= 4 is 29.3 Å². The maximum absolute atomic E-state index is 13.6. The van der Waals surface area contributed by atoms with Crippen molar-refractivity contribution in [2.45, 2.75) is 87.1 Å². The standard InChI is InChI=1S/C32H41ClFN3O6S/c1-32(2,36-17-26(38)37-18-22(34)15-23(37)16-35)11-4-12-42-24-8-5-19(6-9-24)13-21-14-20(7-10-25(21)33)30-28(40)27(39)29(41)31(43-30)44-3/h5-10,14,22-23,27-31,36,39-41H,4,11-13,15,17-18H2,1-3H3/t22-,23-,27+,28+,29-,30-,31+/m0/s1. The number of hydrogen-bond acceptors (Lipinski definition) is 9. The summed E-state index contributed by atoms with van der Waals surface area (Å²) >= 11 is 7.77. The third-order valence-electron chi connectivity index (χ3n) is 8.17. The highest BCUT2D eigenvalue weighted by atomic mass is 35.5. The summed E-state index contributed by atoms with van der Waals surface area (Å²) in [6.07, 6.45) is -1.88. The van der Waals surface area contributed by atoms with Crippen LogP contribution in [0.25, 0.3) is 0 Å². The highest BCUT2D eigenvalue weighted by molar-refractivity contribution is 7.99. The van der Waals surface area contributed by atoms with Gasteiger partial charge in [-0.15, -0.1) is 11.8 Å². The Labute approximate surface area is 267 Å². The van der Waals surface area contributed by atoms with E-state index in [1.54, 1.807) is 18.4 Å². The number of amides is 1. The van der Waals surface area contributed by atoms with Gasteiger partial charge in [0, 0.05) is 17.0 Å². The zero-order chi connectivity index (χ0) is 32.0. The van der Waals surface area contributed by atoms with Gasteiger partial charge >= 0.3 is 0 Å². The number of nitriles is 1. The summed E-state index contributed by atoms with van der Waals surface area (Å²) in [5.74, 6) is 0.457. The number of nitrogens with one attached hydrogen (secondary N) is 1. The van der Waals surface area contributed by atoms with Crippen LogP contribution < -0.4 is 10.1 Å². The van der Waals surface area contributed by atoms with E-state index in [-0.39, 0.29) is 31.0 Å². The molecular weight excluding hydrogens is 609 g/mol. The minimum Gasteiger partial charge on any atom is -0.494 e. The van der Waals surface area contributed by atoms with Crippen LogP contribution >= 0.6 is 23.4 Å². The van der Waals surface area contributed by atoms with Gasteiger partial charge in [-0.1, -0.05) is 35.9 Å². The molecule has 2 saturated heterocycles. The zero-order valence-corrected chi connectivity index (χ0v) is 26.7. The number of aliphatic hydroxyl groups excluding tert-OH is 3. The predicted molar refractivity (Wildman–Crippen MR) is 167 cm³/mol. The highest BCUT2D eigenvalue weighted by Crippen LogP contribution is 2.37. The van der Waals surface area contributed by atoms with Gasteiger partial charge in [-0.3, -0.25) is 4.79 Å². The Hall–Kier alpha value is -2.43. The molecule has 0 saturated carbocycles. The van der Waals surface area contributed by atoms with Gasteiger partial charge in [0.15, 0.2) is 0 Å². The van der Waals surface area contributed by atoms with E-state index in [2.05, 4.69) is 5.32 Å². The first-order chi connectivity index (χ1) is 20.9. The van der Waals surface area contributed by atoms with Crippen molar-refractivity contribution in [1.82, 2.24) is 10.2 Å². The van der Waals surface area contributed by atoms with E-state index >= 15 is 0 Å². The average molecular weight is 650 g/mol. The minimum atomic E-state index is -1.32. The molecule has 9 nitrogen and oxygen atoms in total. The molecule has 0 aliphatic carbocycles. The molecule has 0 aromatic heterocycles. The van der Waals surface area contributed by atoms with Crippen LogP contribution in [0.3, 0.4) is 0 Å². The molecule has 2 heterocycles. The van der Waals surface area contributed by atoms with Gasteiger partial charge in [0.05, 0.1) is 25.8 Å². The number of ether oxygens (including phenoxy) is 2. The van der Waals surface area contributed by atoms with Crippen LogP contribution in [0, 0.1) is 11.3 Å². The first kappa shape index (κ1) is 34.4. The largest absolute Gasteiger partial charge is 0.494 e. The van der Waals surface area contributed by atoms with Crippen molar-refractivity contribution < 1.29 is 34.0 Å². The van der Waals surface area contributed by atoms with Gasteiger partial charge in [0.2, 0.25) is 5.91 Å². The number of carbonyl (C=O) groups is 1. The SMILES string of the molecule is CS[C@H]1O[C@@H](c2ccc(Cl)c(Cc3ccc(OCCCC(C)(C)NCC(=O)N4C[C@@H](F)C[C@H]4C#N)cc3)c2)[C@H](O)[C@@H](O)[C@@H]1O. The third kappa shape index (κ3) is 8.63. The number of alkyl halides is 1. The van der Waals surface area contributed by atoms with Crippen LogP contribution in [0.5, 0.6) is 5.75 Å². The third-order valence-corrected chi connectivity index (χ3v) is 9.39. The van der Waals surface area contributed by atoms with Gasteiger partial charge in [0.25, 0.3) is 0 Å². The highest BCUT2D eigenvalue weighted by Gasteiger charge is 2.44. The molecule has 4 N–H and O–H groups in total. The zero-order valence-electron chi connectivity index (χ0n) is 25.2. The van der Waals surface area contributed by atoms with E-state index in [1.807, 2.05) is 50.2 Å². The molecule has 0 unspecified atom stereocenters. The number of hydrogen-bond donors (Lipinski definition) is 4. The maximum Gasteiger partial charge on any atom is 0.237 e. The molecule has 4 rings (SSSR count). The first-order valence-electron chi connectivity index (χ1n) is 14.7. The van der Waals surface area contributed by atoms with Crippen LogP contribution in [-0.2, 0) is 16.0 Å². The Bertz CT molecular complexity index is 1310. The topological polar surface area (TPSA) is 135 Å². The summed E-state index contributed by atoms with van der Waals surface area (Å²) in [7, 11) is 0. The van der Waals surface area contributed by atoms with E-state index in [0.717, 1.165) is 29.7 Å². The number of benzene rings is 2. The molecule has 2 fully saturated rings. The van der Waals surface area contributed by atoms with Crippen LogP contribution in [-0.4, -0.2) is 93.6 Å². The van der Waals surface area contributed by atoms with Crippen molar-refractivity contribution in [2.24, 2.45) is 0 Å². The van der Waals surface area contributed by atoms with Crippen molar-refractivity contribution in [2.75, 3.05) is 26.0 Å². The molecule has 44 heavy (non-hydrogen) atoms. The smallest absolute Gasteiger partial charge is 0.237 e. The fourth-order valence-electron chi connectivity index (χ4n) is 5.54. The molecule has 0 radical (unpaired) electrons. The first-order valence-corrected chi connectivity index (χ1v) is 16.4. The number of carbonyl (C=O) groups excluding carboxylic acids is 1. The van der Waals surface area contributed by atoms with Crippen LogP contribution in [0.2, 0.25) is 5.02 Å². The van der Waals surface area contributed by atoms with Gasteiger partial charge < -0.3 is 35.0 Å². The Morgan fingerprint density at radius 2 is 1.93 bits per heavy atom. The molecule has 2 aromatic rings. The number of thioether (sulfide) groups is 1. The molecule has 7 atom stereocenters. The fourth-order valence-corrected chi connectivity index (χ4v) is 6.40. The maximum atomic E-state index is 13.6. The van der Waals surface area contributed by atoms with Crippen LogP contribution in [0.4, 0.5) is 4.39 Å². The molecule has 1 amide bonds. The summed E-state index contributed by atoms with van der Waals surface area (Å²) < 4.78 is 25.5. The second kappa shape index (κ2) is 15.2. The summed E-state index contributed by atoms with van der Waals surface area (Å²) in [5.41, 5.74) is 1.49. The van der Waals surface area contributed by atoms with Crippen molar-refractivity contribution in [3.63, 3.8) is 0 Å². The quantitative estimate of drug-likeness (QED) is 0.254. The van der Waals surface area contributed by atoms with Crippen LogP contribution in [0.1, 0.15) is 55.9 Å². The number of likely N-dealkylation sites (tertiary alicyclic amines) is 1. The van der Waals surface area contributed by atoms with Crippen molar-refractivity contribution in [1.29, 1.82) is 5.26 Å². The second-order valence-electron chi connectivity index (χ2n) is 12.0. The van der Waals surface area contributed by atoms with E-state index < -0.39 is 42.1 Å². The lowest BCUT2D eigenvalue weighted by Gasteiger charge is -2.40. The van der Waals surface area contributed by atoms with E-state index in [4.69, 9.17) is 21.1 Å². The Kier molecular flexibility index (Phi) is 11.9. The van der Waals surface area contributed by atoms with Gasteiger partial charge in [0.1, 0.15) is 47.8 Å². The van der Waals surface area contributed by atoms with Gasteiger partial charge in [-0.25, -0.2) is 4.39 Å². The molecule has 12 heteroatoms. The number of rotatable bonds is 12. The summed E-state index contributed by atoms with van der Waals surface area (Å²) in [6.45, 7) is 4.49. The van der Waals surface area contributed by atoms with E-state index in [1.165, 1.54) is 16.7 Å². The lowest BCUT2D eigenvalue weighted by molar-refractivity contribution is -0.200. The monoisotopic (exact) mass is 649 g/mol. The Balaban J connectivity index is 1.25. The van der Waals surface area contributed by atoms with Crippen molar-refractivity contribution in [3.8, 4) is 11.8 Å². The number of nitrogens with zero attached hydrogens (tertiary/aromatic N) is 2. The molecule has 0 spiro atoms. The molecule has 2 aromatic carbocycles. The molecule has 240 valence electrons. The number of aliphatic hydroxyl groups is 3. The summed E-state index contributed by atoms with van der Waals surface area (Å²) in [6, 6.07) is 14.4. The lowest BCUT2D eigenvalue weighted by atomic mass is 9.92. The Morgan fingerprint density at radius 1 is 1.20 bits per heavy atom. The molecule has 0 bridgehead atoms. The predicted octanol–water partition coefficient (Wildman–Crippen LogP) is 3.76. The Morgan fingerprint density at radius 3 is 2.61 bits per heavy atom.